The molecule has 0 fully saturated rings. The molecule has 1 aliphatic rings. The molecule has 0 saturated carbocycles. The number of nitrogens with zero attached hydrogens (tertiary/aromatic N) is 1. The molecule has 3 N–H and O–H groups in total. The number of quaternary nitrogens is 1. The molecule has 48 heavy (non-hydrogen) atoms. The fourth-order valence-corrected chi connectivity index (χ4v) is 7.43. The first-order valence-corrected chi connectivity index (χ1v) is 16.6. The average Bonchev–Trinajstić information content (AvgIpc) is 3.63. The SMILES string of the molecule is CNc1ccc(/C=C/c2ccc3c4c(ccc3c2)-c2cc3c(cc2[NH2+]4)c2ccc4cc(/C=C/c5ccc(C)cc5)ccc4c2n3C)cc1. The number of hydrogen-bond donors (Lipinski definition) is 2. The molecule has 0 radical (unpaired) electrons. The third-order valence-electron chi connectivity index (χ3n) is 10.1. The normalized spacial score (nSPS) is 12.6. The standard InChI is InChI=1S/C45H35N3/c1-28-4-6-29(7-5-28)8-10-32-15-21-37-34(25-32)17-23-39-41-26-42-40(27-43(41)48(3)45(37)39)38-22-16-33-24-31(14-20-36(33)44(38)47-42)11-9-30-12-18-35(46-2)19-13-30/h4-27,46-47H,1-3H3/p+1/b10-8+,11-9+. The van der Waals surface area contributed by atoms with Gasteiger partial charge in [-0.2, -0.15) is 0 Å². The van der Waals surface area contributed by atoms with Crippen molar-refractivity contribution < 1.29 is 5.32 Å². The van der Waals surface area contributed by atoms with Crippen molar-refractivity contribution in [3.63, 3.8) is 0 Å². The zero-order valence-electron chi connectivity index (χ0n) is 27.4. The van der Waals surface area contributed by atoms with E-state index < -0.39 is 0 Å². The van der Waals surface area contributed by atoms with E-state index in [4.69, 9.17) is 0 Å². The number of aryl methyl sites for hydroxylation is 2. The van der Waals surface area contributed by atoms with Crippen LogP contribution in [-0.2, 0) is 7.05 Å². The highest BCUT2D eigenvalue weighted by Crippen LogP contribution is 2.44. The number of benzene rings is 7. The molecule has 9 rings (SSSR count). The van der Waals surface area contributed by atoms with Crippen LogP contribution < -0.4 is 10.6 Å². The summed E-state index contributed by atoms with van der Waals surface area (Å²) in [5.41, 5.74) is 15.0. The summed E-state index contributed by atoms with van der Waals surface area (Å²) in [7, 11) is 4.16. The Morgan fingerprint density at radius 1 is 0.542 bits per heavy atom. The Morgan fingerprint density at radius 3 is 1.83 bits per heavy atom. The van der Waals surface area contributed by atoms with Crippen molar-refractivity contribution in [3.05, 3.63) is 149 Å². The smallest absolute Gasteiger partial charge is 0.150 e. The monoisotopic (exact) mass is 618 g/mol. The Balaban J connectivity index is 1.06. The largest absolute Gasteiger partial charge is 0.388 e. The molecule has 1 aromatic heterocycles. The predicted molar refractivity (Wildman–Crippen MR) is 207 cm³/mol. The second-order valence-corrected chi connectivity index (χ2v) is 13.1. The number of nitrogens with two attached hydrogens (primary N) is 1. The summed E-state index contributed by atoms with van der Waals surface area (Å²) in [4.78, 5) is 0. The summed E-state index contributed by atoms with van der Waals surface area (Å²) in [6.45, 7) is 2.12. The van der Waals surface area contributed by atoms with Gasteiger partial charge in [0.25, 0.3) is 0 Å². The maximum absolute atomic E-state index is 3.18. The van der Waals surface area contributed by atoms with Crippen LogP contribution >= 0.6 is 0 Å². The Morgan fingerprint density at radius 2 is 1.12 bits per heavy atom. The fraction of sp³-hybridized carbons (Fsp3) is 0.0667. The second kappa shape index (κ2) is 11.1. The highest BCUT2D eigenvalue weighted by Gasteiger charge is 2.27. The van der Waals surface area contributed by atoms with E-state index in [2.05, 4.69) is 175 Å². The van der Waals surface area contributed by atoms with Gasteiger partial charge in [-0.25, -0.2) is 0 Å². The molecule has 2 heterocycles. The van der Waals surface area contributed by atoms with Gasteiger partial charge in [-0.3, -0.25) is 5.32 Å². The molecule has 0 atom stereocenters. The molecular weight excluding hydrogens is 583 g/mol. The highest BCUT2D eigenvalue weighted by molar-refractivity contribution is 6.19. The van der Waals surface area contributed by atoms with Gasteiger partial charge in [0.1, 0.15) is 5.69 Å². The molecule has 0 bridgehead atoms. The summed E-state index contributed by atoms with van der Waals surface area (Å²) >= 11 is 0. The van der Waals surface area contributed by atoms with Crippen molar-refractivity contribution in [3.8, 4) is 11.1 Å². The molecule has 8 aromatic rings. The lowest BCUT2D eigenvalue weighted by Crippen LogP contribution is -2.69. The van der Waals surface area contributed by atoms with Gasteiger partial charge in [0, 0.05) is 58.5 Å². The lowest BCUT2D eigenvalue weighted by molar-refractivity contribution is -0.471. The van der Waals surface area contributed by atoms with Crippen molar-refractivity contribution >= 4 is 84.7 Å². The minimum atomic E-state index is 1.12. The van der Waals surface area contributed by atoms with Gasteiger partial charge in [-0.05, 0) is 82.4 Å². The number of nitrogens with one attached hydrogen (secondary N) is 1. The van der Waals surface area contributed by atoms with Crippen molar-refractivity contribution in [1.29, 1.82) is 0 Å². The second-order valence-electron chi connectivity index (χ2n) is 13.1. The summed E-state index contributed by atoms with van der Waals surface area (Å²) in [5.74, 6) is 0. The minimum absolute atomic E-state index is 1.12. The summed E-state index contributed by atoms with van der Waals surface area (Å²) in [5, 5.41) is 13.3. The van der Waals surface area contributed by atoms with Crippen LogP contribution in [0, 0.1) is 6.92 Å². The van der Waals surface area contributed by atoms with Gasteiger partial charge in [-0.1, -0.05) is 103 Å². The van der Waals surface area contributed by atoms with Gasteiger partial charge in [0.2, 0.25) is 0 Å². The Bertz CT molecular complexity index is 2620. The van der Waals surface area contributed by atoms with Crippen molar-refractivity contribution in [2.45, 2.75) is 6.92 Å². The minimum Gasteiger partial charge on any atom is -0.388 e. The van der Waals surface area contributed by atoms with Crippen LogP contribution in [0.3, 0.4) is 0 Å². The molecule has 0 unspecified atom stereocenters. The van der Waals surface area contributed by atoms with Crippen molar-refractivity contribution in [2.75, 3.05) is 12.4 Å². The average molecular weight is 619 g/mol. The molecule has 1 aliphatic heterocycles. The van der Waals surface area contributed by atoms with Crippen molar-refractivity contribution in [2.24, 2.45) is 7.05 Å². The van der Waals surface area contributed by atoms with Crippen LogP contribution in [0.2, 0.25) is 0 Å². The van der Waals surface area contributed by atoms with E-state index >= 15 is 0 Å². The van der Waals surface area contributed by atoms with E-state index in [-0.39, 0.29) is 0 Å². The lowest BCUT2D eigenvalue weighted by atomic mass is 9.98. The first kappa shape index (κ1) is 28.3. The van der Waals surface area contributed by atoms with E-state index in [9.17, 15) is 0 Å². The van der Waals surface area contributed by atoms with Crippen LogP contribution in [-0.4, -0.2) is 11.6 Å². The molecular formula is C45H36N3+. The van der Waals surface area contributed by atoms with E-state index in [0.717, 1.165) is 5.69 Å². The molecule has 0 amide bonds. The zero-order chi connectivity index (χ0) is 32.4. The maximum atomic E-state index is 3.18. The van der Waals surface area contributed by atoms with Gasteiger partial charge in [-0.15, -0.1) is 0 Å². The van der Waals surface area contributed by atoms with E-state index in [1.807, 2.05) is 7.05 Å². The third kappa shape index (κ3) is 4.71. The molecule has 0 spiro atoms. The Labute approximate surface area is 280 Å². The number of rotatable bonds is 5. The first-order chi connectivity index (χ1) is 23.5. The summed E-state index contributed by atoms with van der Waals surface area (Å²) in [6, 6.07) is 44.8. The third-order valence-corrected chi connectivity index (χ3v) is 10.1. The molecule has 230 valence electrons. The maximum Gasteiger partial charge on any atom is 0.150 e. The van der Waals surface area contributed by atoms with E-state index in [1.54, 1.807) is 0 Å². The van der Waals surface area contributed by atoms with E-state index in [0.29, 0.717) is 0 Å². The van der Waals surface area contributed by atoms with Crippen LogP contribution in [0.5, 0.6) is 0 Å². The first-order valence-electron chi connectivity index (χ1n) is 16.6. The summed E-state index contributed by atoms with van der Waals surface area (Å²) in [6.07, 6.45) is 8.78. The lowest BCUT2D eigenvalue weighted by Gasteiger charge is -2.05. The fourth-order valence-electron chi connectivity index (χ4n) is 7.43. The van der Waals surface area contributed by atoms with Crippen LogP contribution in [0.1, 0.15) is 27.8 Å². The van der Waals surface area contributed by atoms with Crippen molar-refractivity contribution in [1.82, 2.24) is 4.57 Å². The van der Waals surface area contributed by atoms with Gasteiger partial charge in [0.05, 0.1) is 11.1 Å². The van der Waals surface area contributed by atoms with E-state index in [1.165, 1.54) is 93.7 Å². The van der Waals surface area contributed by atoms with Crippen LogP contribution in [0.15, 0.2) is 121 Å². The van der Waals surface area contributed by atoms with Crippen LogP contribution in [0.4, 0.5) is 17.1 Å². The molecule has 3 nitrogen and oxygen atoms in total. The molecule has 0 aliphatic carbocycles. The van der Waals surface area contributed by atoms with Gasteiger partial charge >= 0.3 is 0 Å². The quantitative estimate of drug-likeness (QED) is 0.146. The van der Waals surface area contributed by atoms with Gasteiger partial charge < -0.3 is 9.88 Å². The Hall–Kier alpha value is -5.90. The summed E-state index contributed by atoms with van der Waals surface area (Å²) < 4.78 is 2.39. The molecule has 7 aromatic carbocycles. The number of anilines is 1. The Kier molecular flexibility index (Phi) is 6.56. The predicted octanol–water partition coefficient (Wildman–Crippen LogP) is 10.8. The van der Waals surface area contributed by atoms with Gasteiger partial charge in [0.15, 0.2) is 5.69 Å². The topological polar surface area (TPSA) is 33.6 Å². The van der Waals surface area contributed by atoms with Crippen LogP contribution in [0.25, 0.3) is 78.8 Å². The number of aromatic nitrogens is 1. The molecule has 0 saturated heterocycles. The molecule has 3 heteroatoms. The number of hydrogen-bond acceptors (Lipinski definition) is 1. The zero-order valence-corrected chi connectivity index (χ0v) is 27.4. The highest BCUT2D eigenvalue weighted by atomic mass is 15.0. The number of fused-ring (bicyclic) bond motifs is 10.